The molecular formula is C20H12ClCuN4Na. The summed E-state index contributed by atoms with van der Waals surface area (Å²) in [5.74, 6) is 0. The SMILES string of the molecule is ClC1=CC2=NC1=CC1=NC(=CC3=NC(=CC4=NC(=C2)C=C4)C=C3)C=C1.[Cu].[H-].[Na+]. The molecule has 4 nitrogen and oxygen atoms in total. The van der Waals surface area contributed by atoms with Crippen LogP contribution in [0.5, 0.6) is 0 Å². The Balaban J connectivity index is 0.000000934. The predicted octanol–water partition coefficient (Wildman–Crippen LogP) is 1.26. The van der Waals surface area contributed by atoms with Crippen LogP contribution < -0.4 is 29.6 Å². The first-order valence-electron chi connectivity index (χ1n) is 7.85. The van der Waals surface area contributed by atoms with E-state index in [1.807, 2.05) is 66.8 Å². The molecule has 5 rings (SSSR count). The van der Waals surface area contributed by atoms with Gasteiger partial charge in [0.1, 0.15) is 0 Å². The monoisotopic (exact) mass is 429 g/mol. The van der Waals surface area contributed by atoms with Gasteiger partial charge in [-0.1, -0.05) is 11.6 Å². The van der Waals surface area contributed by atoms with Crippen molar-refractivity contribution >= 4 is 34.4 Å². The molecule has 0 unspecified atom stereocenters. The van der Waals surface area contributed by atoms with Gasteiger partial charge in [-0.2, -0.15) is 0 Å². The fraction of sp³-hybridized carbons (Fsp3) is 0. The van der Waals surface area contributed by atoms with Gasteiger partial charge in [-0.25, -0.2) is 20.0 Å². The molecule has 0 spiro atoms. The molecule has 0 N–H and O–H groups in total. The number of halogens is 1. The van der Waals surface area contributed by atoms with E-state index in [1.54, 1.807) is 0 Å². The smallest absolute Gasteiger partial charge is 1.00 e. The standard InChI is InChI=1S/C20H11ClN4.Cu.Na.H/c21-19-10-18-9-16-4-3-14(23-16)7-12-1-2-13(22-12)8-15-5-6-17(24-15)11-20(19)25-18;;;/h1-11H;;;/q;;+1;-1. The quantitative estimate of drug-likeness (QED) is 0.520. The van der Waals surface area contributed by atoms with Gasteiger partial charge in [0.15, 0.2) is 0 Å². The number of aliphatic imine (C=N–C) groups is 4. The van der Waals surface area contributed by atoms with Gasteiger partial charge in [-0.15, -0.1) is 0 Å². The van der Waals surface area contributed by atoms with E-state index in [0.29, 0.717) is 10.7 Å². The van der Waals surface area contributed by atoms with Crippen LogP contribution in [0, 0.1) is 0 Å². The zero-order chi connectivity index (χ0) is 16.8. The maximum atomic E-state index is 6.32. The van der Waals surface area contributed by atoms with E-state index in [1.165, 1.54) is 0 Å². The van der Waals surface area contributed by atoms with Crippen molar-refractivity contribution in [2.24, 2.45) is 20.0 Å². The number of nitrogens with zero attached hydrogens (tertiary/aromatic N) is 4. The minimum atomic E-state index is 0. The van der Waals surface area contributed by atoms with E-state index >= 15 is 0 Å². The Labute approximate surface area is 196 Å². The van der Waals surface area contributed by atoms with Crippen molar-refractivity contribution < 1.29 is 48.1 Å². The molecule has 0 atom stereocenters. The Hall–Kier alpha value is -1.59. The van der Waals surface area contributed by atoms with Crippen molar-refractivity contribution in [1.29, 1.82) is 0 Å². The Morgan fingerprint density at radius 2 is 1.00 bits per heavy atom. The van der Waals surface area contributed by atoms with Crippen LogP contribution in [0.3, 0.4) is 0 Å². The first-order valence-corrected chi connectivity index (χ1v) is 8.22. The molecule has 0 fully saturated rings. The van der Waals surface area contributed by atoms with Crippen molar-refractivity contribution in [2.45, 2.75) is 0 Å². The molecule has 131 valence electrons. The van der Waals surface area contributed by atoms with Crippen molar-refractivity contribution in [3.8, 4) is 0 Å². The summed E-state index contributed by atoms with van der Waals surface area (Å²) in [7, 11) is 0. The fourth-order valence-corrected chi connectivity index (χ4v) is 3.07. The van der Waals surface area contributed by atoms with E-state index in [2.05, 4.69) is 20.0 Å². The molecule has 5 aliphatic rings. The second kappa shape index (κ2) is 8.19. The van der Waals surface area contributed by atoms with Gasteiger partial charge >= 0.3 is 29.6 Å². The molecule has 0 amide bonds. The fourth-order valence-electron chi connectivity index (χ4n) is 2.86. The summed E-state index contributed by atoms with van der Waals surface area (Å²) in [5, 5.41) is 0.601. The Morgan fingerprint density at radius 1 is 0.556 bits per heavy atom. The summed E-state index contributed by atoms with van der Waals surface area (Å²) >= 11 is 6.32. The largest absolute Gasteiger partial charge is 1.00 e. The van der Waals surface area contributed by atoms with Crippen LogP contribution in [0.2, 0.25) is 0 Å². The normalized spacial score (nSPS) is 21.0. The zero-order valence-electron chi connectivity index (χ0n) is 15.3. The molecule has 8 bridgehead atoms. The molecular weight excluding hydrogens is 418 g/mol. The molecule has 5 heterocycles. The van der Waals surface area contributed by atoms with Crippen LogP contribution >= 0.6 is 11.6 Å². The van der Waals surface area contributed by atoms with Crippen LogP contribution in [0.4, 0.5) is 0 Å². The van der Waals surface area contributed by atoms with E-state index < -0.39 is 0 Å². The number of fused-ring (bicyclic) bond motifs is 4. The molecule has 0 aromatic rings. The minimum Gasteiger partial charge on any atom is -1.00 e. The van der Waals surface area contributed by atoms with Gasteiger partial charge in [0.05, 0.1) is 50.7 Å². The minimum absolute atomic E-state index is 0. The van der Waals surface area contributed by atoms with E-state index in [4.69, 9.17) is 11.6 Å². The van der Waals surface area contributed by atoms with Gasteiger partial charge in [-0.05, 0) is 66.8 Å². The molecule has 5 aliphatic heterocycles. The second-order valence-corrected chi connectivity index (χ2v) is 6.28. The zero-order valence-corrected chi connectivity index (χ0v) is 18.0. The summed E-state index contributed by atoms with van der Waals surface area (Å²) in [4.78, 5) is 18.3. The third-order valence-electron chi connectivity index (χ3n) is 3.99. The van der Waals surface area contributed by atoms with E-state index in [0.717, 1.165) is 39.9 Å². The molecule has 7 heteroatoms. The van der Waals surface area contributed by atoms with Gasteiger partial charge in [-0.3, -0.25) is 0 Å². The first kappa shape index (κ1) is 20.2. The number of hydrogen-bond donors (Lipinski definition) is 0. The molecule has 0 aliphatic carbocycles. The van der Waals surface area contributed by atoms with Crippen molar-refractivity contribution in [1.82, 2.24) is 0 Å². The maximum Gasteiger partial charge on any atom is 1.00 e. The molecule has 0 saturated heterocycles. The van der Waals surface area contributed by atoms with E-state index in [9.17, 15) is 0 Å². The van der Waals surface area contributed by atoms with Gasteiger partial charge in [0, 0.05) is 17.1 Å². The molecule has 27 heavy (non-hydrogen) atoms. The number of rotatable bonds is 0. The third-order valence-corrected chi connectivity index (χ3v) is 4.29. The summed E-state index contributed by atoms with van der Waals surface area (Å²) in [6.07, 6.45) is 21.3. The molecule has 1 radical (unpaired) electrons. The summed E-state index contributed by atoms with van der Waals surface area (Å²) in [5.41, 5.74) is 6.60. The van der Waals surface area contributed by atoms with Crippen molar-refractivity contribution in [3.05, 3.63) is 94.7 Å². The average Bonchev–Trinajstić information content (AvgIpc) is 3.33. The second-order valence-electron chi connectivity index (χ2n) is 5.88. The summed E-state index contributed by atoms with van der Waals surface area (Å²) in [6, 6.07) is 0. The molecule has 0 aromatic heterocycles. The van der Waals surface area contributed by atoms with Crippen LogP contribution in [-0.2, 0) is 17.1 Å². The summed E-state index contributed by atoms with van der Waals surface area (Å²) in [6.45, 7) is 0. The van der Waals surface area contributed by atoms with Crippen LogP contribution in [0.1, 0.15) is 1.43 Å². The number of hydrogen-bond acceptors (Lipinski definition) is 4. The molecule has 0 saturated carbocycles. The Morgan fingerprint density at radius 3 is 1.52 bits per heavy atom. The predicted molar refractivity (Wildman–Crippen MR) is 105 cm³/mol. The van der Waals surface area contributed by atoms with Gasteiger partial charge < -0.3 is 1.43 Å². The Bertz CT molecular complexity index is 1100. The van der Waals surface area contributed by atoms with Crippen molar-refractivity contribution in [3.63, 3.8) is 0 Å². The summed E-state index contributed by atoms with van der Waals surface area (Å²) < 4.78 is 0. The van der Waals surface area contributed by atoms with E-state index in [-0.39, 0.29) is 48.1 Å². The molecule has 0 aromatic carbocycles. The van der Waals surface area contributed by atoms with Gasteiger partial charge in [0.2, 0.25) is 0 Å². The topological polar surface area (TPSA) is 49.4 Å². The van der Waals surface area contributed by atoms with Crippen molar-refractivity contribution in [2.75, 3.05) is 0 Å². The maximum absolute atomic E-state index is 6.32. The van der Waals surface area contributed by atoms with Gasteiger partial charge in [0.25, 0.3) is 0 Å². The average molecular weight is 430 g/mol. The van der Waals surface area contributed by atoms with Crippen LogP contribution in [0.25, 0.3) is 0 Å². The number of allylic oxidation sites excluding steroid dienone is 12. The third kappa shape index (κ3) is 4.30. The van der Waals surface area contributed by atoms with Crippen LogP contribution in [0.15, 0.2) is 115 Å². The van der Waals surface area contributed by atoms with Crippen LogP contribution in [-0.4, -0.2) is 22.8 Å². The Kier molecular flexibility index (Phi) is 6.11. The first-order chi connectivity index (χ1) is 12.2.